The van der Waals surface area contributed by atoms with Crippen molar-refractivity contribution in [2.75, 3.05) is 13.1 Å². The molecule has 1 heterocycles. The number of carbonyl (C=O) groups excluding carboxylic acids is 2. The SMILES string of the molecule is O=C1NCCNC1=CC(=O)c1ccc(F)cc1. The number of nitrogens with one attached hydrogen (secondary N) is 2. The third kappa shape index (κ3) is 2.69. The molecule has 88 valence electrons. The predicted octanol–water partition coefficient (Wildman–Crippen LogP) is 0.612. The maximum absolute atomic E-state index is 12.7. The molecule has 1 aromatic rings. The molecule has 1 amide bonds. The van der Waals surface area contributed by atoms with Crippen LogP contribution in [0.5, 0.6) is 0 Å². The Labute approximate surface area is 97.5 Å². The minimum Gasteiger partial charge on any atom is -0.379 e. The summed E-state index contributed by atoms with van der Waals surface area (Å²) in [5.41, 5.74) is 0.588. The van der Waals surface area contributed by atoms with E-state index >= 15 is 0 Å². The van der Waals surface area contributed by atoms with Gasteiger partial charge in [-0.05, 0) is 24.3 Å². The fourth-order valence-corrected chi connectivity index (χ4v) is 1.49. The fourth-order valence-electron chi connectivity index (χ4n) is 1.49. The molecule has 17 heavy (non-hydrogen) atoms. The third-order valence-corrected chi connectivity index (χ3v) is 2.37. The lowest BCUT2D eigenvalue weighted by Crippen LogP contribution is -2.43. The third-order valence-electron chi connectivity index (χ3n) is 2.37. The van der Waals surface area contributed by atoms with Crippen LogP contribution in [0.15, 0.2) is 36.0 Å². The summed E-state index contributed by atoms with van der Waals surface area (Å²) in [7, 11) is 0. The number of allylic oxidation sites excluding steroid dienone is 1. The second kappa shape index (κ2) is 4.78. The van der Waals surface area contributed by atoms with Gasteiger partial charge >= 0.3 is 0 Å². The average Bonchev–Trinajstić information content (AvgIpc) is 2.33. The van der Waals surface area contributed by atoms with Crippen LogP contribution in [0.4, 0.5) is 4.39 Å². The molecule has 0 radical (unpaired) electrons. The summed E-state index contributed by atoms with van der Waals surface area (Å²) < 4.78 is 12.7. The second-order valence-electron chi connectivity index (χ2n) is 3.61. The van der Waals surface area contributed by atoms with Gasteiger partial charge in [0.05, 0.1) is 0 Å². The van der Waals surface area contributed by atoms with E-state index in [0.29, 0.717) is 18.7 Å². The van der Waals surface area contributed by atoms with E-state index in [0.717, 1.165) is 0 Å². The van der Waals surface area contributed by atoms with E-state index in [2.05, 4.69) is 10.6 Å². The summed E-state index contributed by atoms with van der Waals surface area (Å²) in [6.07, 6.45) is 1.22. The zero-order chi connectivity index (χ0) is 12.3. The van der Waals surface area contributed by atoms with Crippen molar-refractivity contribution in [3.05, 3.63) is 47.4 Å². The number of ketones is 1. The molecule has 0 aromatic heterocycles. The number of benzene rings is 1. The van der Waals surface area contributed by atoms with Gasteiger partial charge in [-0.15, -0.1) is 0 Å². The largest absolute Gasteiger partial charge is 0.379 e. The molecule has 1 fully saturated rings. The highest BCUT2D eigenvalue weighted by Gasteiger charge is 2.15. The predicted molar refractivity (Wildman–Crippen MR) is 59.8 cm³/mol. The molecule has 1 aliphatic rings. The van der Waals surface area contributed by atoms with Crippen LogP contribution in [-0.4, -0.2) is 24.8 Å². The van der Waals surface area contributed by atoms with E-state index in [9.17, 15) is 14.0 Å². The van der Waals surface area contributed by atoms with Gasteiger partial charge in [0, 0.05) is 24.7 Å². The lowest BCUT2D eigenvalue weighted by Gasteiger charge is -2.16. The molecule has 0 spiro atoms. The Kier molecular flexibility index (Phi) is 3.18. The van der Waals surface area contributed by atoms with Crippen molar-refractivity contribution in [2.45, 2.75) is 0 Å². The molecule has 0 atom stereocenters. The van der Waals surface area contributed by atoms with Crippen molar-refractivity contribution in [1.29, 1.82) is 0 Å². The van der Waals surface area contributed by atoms with Crippen molar-refractivity contribution in [3.8, 4) is 0 Å². The highest BCUT2D eigenvalue weighted by molar-refractivity contribution is 6.09. The van der Waals surface area contributed by atoms with Crippen LogP contribution < -0.4 is 10.6 Å². The van der Waals surface area contributed by atoms with Crippen LogP contribution in [0.2, 0.25) is 0 Å². The number of hydrogen-bond donors (Lipinski definition) is 2. The first-order valence-corrected chi connectivity index (χ1v) is 5.20. The van der Waals surface area contributed by atoms with Crippen LogP contribution in [-0.2, 0) is 4.79 Å². The van der Waals surface area contributed by atoms with Gasteiger partial charge in [0.2, 0.25) is 0 Å². The van der Waals surface area contributed by atoms with Crippen molar-refractivity contribution in [2.24, 2.45) is 0 Å². The second-order valence-corrected chi connectivity index (χ2v) is 3.61. The van der Waals surface area contributed by atoms with Crippen LogP contribution in [0.25, 0.3) is 0 Å². The zero-order valence-corrected chi connectivity index (χ0v) is 9.00. The fraction of sp³-hybridized carbons (Fsp3) is 0.167. The van der Waals surface area contributed by atoms with Gasteiger partial charge in [-0.1, -0.05) is 0 Å². The number of piperazine rings is 1. The monoisotopic (exact) mass is 234 g/mol. The molecule has 4 nitrogen and oxygen atoms in total. The highest BCUT2D eigenvalue weighted by atomic mass is 19.1. The van der Waals surface area contributed by atoms with E-state index in [1.54, 1.807) is 0 Å². The van der Waals surface area contributed by atoms with Gasteiger partial charge in [0.25, 0.3) is 5.91 Å². The Bertz CT molecular complexity index is 480. The van der Waals surface area contributed by atoms with E-state index in [1.807, 2.05) is 0 Å². The van der Waals surface area contributed by atoms with E-state index in [-0.39, 0.29) is 17.4 Å². The molecule has 1 aromatic carbocycles. The summed E-state index contributed by atoms with van der Waals surface area (Å²) in [5.74, 6) is -1.03. The van der Waals surface area contributed by atoms with Crippen molar-refractivity contribution in [1.82, 2.24) is 10.6 Å². The van der Waals surface area contributed by atoms with E-state index in [1.165, 1.54) is 30.3 Å². The number of halogens is 1. The van der Waals surface area contributed by atoms with Gasteiger partial charge in [0.15, 0.2) is 5.78 Å². The Hall–Kier alpha value is -2.17. The minimum absolute atomic E-state index is 0.241. The van der Waals surface area contributed by atoms with Crippen LogP contribution in [0, 0.1) is 5.82 Å². The van der Waals surface area contributed by atoms with Crippen molar-refractivity contribution in [3.63, 3.8) is 0 Å². The first-order chi connectivity index (χ1) is 8.16. The summed E-state index contributed by atoms with van der Waals surface area (Å²) in [5, 5.41) is 5.45. The molecule has 0 saturated carbocycles. The van der Waals surface area contributed by atoms with Crippen LogP contribution in [0.1, 0.15) is 10.4 Å². The van der Waals surface area contributed by atoms with Gasteiger partial charge in [-0.3, -0.25) is 9.59 Å². The molecule has 0 bridgehead atoms. The maximum atomic E-state index is 12.7. The minimum atomic E-state index is -0.400. The topological polar surface area (TPSA) is 58.2 Å². The normalized spacial score (nSPS) is 17.5. The first kappa shape index (κ1) is 11.3. The summed E-state index contributed by atoms with van der Waals surface area (Å²) >= 11 is 0. The lowest BCUT2D eigenvalue weighted by molar-refractivity contribution is -0.118. The van der Waals surface area contributed by atoms with Gasteiger partial charge in [0.1, 0.15) is 11.5 Å². The summed E-state index contributed by atoms with van der Waals surface area (Å²) in [6, 6.07) is 5.19. The maximum Gasteiger partial charge on any atom is 0.267 e. The molecular formula is C12H11FN2O2. The molecule has 1 saturated heterocycles. The molecule has 0 aliphatic carbocycles. The number of hydrogen-bond acceptors (Lipinski definition) is 3. The summed E-state index contributed by atoms with van der Waals surface area (Å²) in [6.45, 7) is 1.13. The Balaban J connectivity index is 2.17. The van der Waals surface area contributed by atoms with Gasteiger partial charge in [-0.2, -0.15) is 0 Å². The Morgan fingerprint density at radius 1 is 1.18 bits per heavy atom. The molecule has 1 aliphatic heterocycles. The van der Waals surface area contributed by atoms with Crippen LogP contribution >= 0.6 is 0 Å². The molecule has 5 heteroatoms. The quantitative estimate of drug-likeness (QED) is 0.582. The average molecular weight is 234 g/mol. The number of carbonyl (C=O) groups is 2. The van der Waals surface area contributed by atoms with Crippen molar-refractivity contribution < 1.29 is 14.0 Å². The Morgan fingerprint density at radius 3 is 2.47 bits per heavy atom. The number of amides is 1. The Morgan fingerprint density at radius 2 is 1.82 bits per heavy atom. The van der Waals surface area contributed by atoms with Crippen LogP contribution in [0.3, 0.4) is 0 Å². The zero-order valence-electron chi connectivity index (χ0n) is 9.00. The molecule has 0 unspecified atom stereocenters. The van der Waals surface area contributed by atoms with E-state index in [4.69, 9.17) is 0 Å². The smallest absolute Gasteiger partial charge is 0.267 e. The number of rotatable bonds is 2. The molecule has 2 rings (SSSR count). The molecule has 2 N–H and O–H groups in total. The van der Waals surface area contributed by atoms with Crippen molar-refractivity contribution >= 4 is 11.7 Å². The molecular weight excluding hydrogens is 223 g/mol. The lowest BCUT2D eigenvalue weighted by atomic mass is 10.1. The van der Waals surface area contributed by atoms with Gasteiger partial charge < -0.3 is 10.6 Å². The summed E-state index contributed by atoms with van der Waals surface area (Å²) in [4.78, 5) is 23.1. The first-order valence-electron chi connectivity index (χ1n) is 5.20. The van der Waals surface area contributed by atoms with E-state index < -0.39 is 5.82 Å². The highest BCUT2D eigenvalue weighted by Crippen LogP contribution is 2.06. The van der Waals surface area contributed by atoms with Gasteiger partial charge in [-0.25, -0.2) is 4.39 Å². The standard InChI is InChI=1S/C12H11FN2O2/c13-9-3-1-8(2-4-9)11(16)7-10-12(17)15-6-5-14-10/h1-4,7,14H,5-6H2,(H,15,17).